The lowest BCUT2D eigenvalue weighted by Crippen LogP contribution is -2.45. The molecule has 110 valence electrons. The molecule has 1 atom stereocenters. The molecular weight excluding hydrogens is 250 g/mol. The van der Waals surface area contributed by atoms with Gasteiger partial charge in [0.05, 0.1) is 6.10 Å². The van der Waals surface area contributed by atoms with Crippen molar-refractivity contribution in [1.29, 1.82) is 0 Å². The maximum Gasteiger partial charge on any atom is 0.323 e. The topological polar surface area (TPSA) is 29.5 Å². The molecule has 1 aromatic carbocycles. The number of hydrogen-bond acceptors (Lipinski definition) is 3. The van der Waals surface area contributed by atoms with Crippen LogP contribution in [-0.2, 0) is 16.1 Å². The van der Waals surface area contributed by atoms with E-state index in [9.17, 15) is 4.79 Å². The van der Waals surface area contributed by atoms with E-state index >= 15 is 0 Å². The largest absolute Gasteiger partial charge is 0.462 e. The van der Waals surface area contributed by atoms with Crippen molar-refractivity contribution in [2.45, 2.75) is 58.7 Å². The molecule has 1 aromatic rings. The number of benzene rings is 1. The van der Waals surface area contributed by atoms with Gasteiger partial charge in [-0.2, -0.15) is 0 Å². The number of rotatable bonds is 4. The maximum absolute atomic E-state index is 12.2. The summed E-state index contributed by atoms with van der Waals surface area (Å²) in [7, 11) is 0. The zero-order valence-corrected chi connectivity index (χ0v) is 12.8. The van der Waals surface area contributed by atoms with E-state index in [2.05, 4.69) is 36.1 Å². The number of carbonyl (C=O) groups excluding carboxylic acids is 1. The third kappa shape index (κ3) is 4.07. The average molecular weight is 275 g/mol. The minimum Gasteiger partial charge on any atom is -0.462 e. The fourth-order valence-electron chi connectivity index (χ4n) is 2.69. The molecular formula is C17H25NO2. The van der Waals surface area contributed by atoms with Crippen LogP contribution in [0.1, 0.15) is 44.2 Å². The molecule has 0 N–H and O–H groups in total. The second kappa shape index (κ2) is 6.89. The molecule has 0 radical (unpaired) electrons. The van der Waals surface area contributed by atoms with Crippen molar-refractivity contribution in [2.75, 3.05) is 6.54 Å². The third-order valence-electron chi connectivity index (χ3n) is 3.74. The molecule has 1 saturated heterocycles. The number of esters is 1. The summed E-state index contributed by atoms with van der Waals surface area (Å²) in [4.78, 5) is 14.5. The molecule has 3 heteroatoms. The Balaban J connectivity index is 2.03. The summed E-state index contributed by atoms with van der Waals surface area (Å²) < 4.78 is 5.40. The van der Waals surface area contributed by atoms with Gasteiger partial charge in [-0.05, 0) is 45.7 Å². The number of likely N-dealkylation sites (tertiary alicyclic amines) is 1. The number of ether oxygens (including phenoxy) is 1. The molecule has 20 heavy (non-hydrogen) atoms. The van der Waals surface area contributed by atoms with Gasteiger partial charge < -0.3 is 4.74 Å². The first-order valence-electron chi connectivity index (χ1n) is 7.56. The van der Waals surface area contributed by atoms with E-state index < -0.39 is 0 Å². The Morgan fingerprint density at radius 3 is 2.65 bits per heavy atom. The van der Waals surface area contributed by atoms with Crippen LogP contribution in [0, 0.1) is 6.92 Å². The lowest BCUT2D eigenvalue weighted by atomic mass is 10.0. The van der Waals surface area contributed by atoms with E-state index in [0.717, 1.165) is 32.4 Å². The minimum absolute atomic E-state index is 0.0364. The van der Waals surface area contributed by atoms with Gasteiger partial charge >= 0.3 is 5.97 Å². The maximum atomic E-state index is 12.2. The van der Waals surface area contributed by atoms with Crippen LogP contribution in [-0.4, -0.2) is 29.6 Å². The predicted octanol–water partition coefficient (Wildman–Crippen LogP) is 3.30. The smallest absolute Gasteiger partial charge is 0.323 e. The summed E-state index contributed by atoms with van der Waals surface area (Å²) in [5.41, 5.74) is 2.53. The molecule has 1 fully saturated rings. The van der Waals surface area contributed by atoms with Gasteiger partial charge in [-0.15, -0.1) is 0 Å². The number of hydrogen-bond donors (Lipinski definition) is 0. The first-order chi connectivity index (χ1) is 9.56. The Hall–Kier alpha value is -1.35. The quantitative estimate of drug-likeness (QED) is 0.790. The summed E-state index contributed by atoms with van der Waals surface area (Å²) in [6.07, 6.45) is 3.16. The lowest BCUT2D eigenvalue weighted by Gasteiger charge is -2.34. The Bertz CT molecular complexity index is 439. The number of aryl methyl sites for hydroxylation is 1. The highest BCUT2D eigenvalue weighted by molar-refractivity contribution is 5.76. The van der Waals surface area contributed by atoms with E-state index in [1.165, 1.54) is 11.1 Å². The zero-order chi connectivity index (χ0) is 14.5. The number of piperidine rings is 1. The van der Waals surface area contributed by atoms with Gasteiger partial charge in [0.1, 0.15) is 6.04 Å². The van der Waals surface area contributed by atoms with Crippen molar-refractivity contribution >= 4 is 5.97 Å². The monoisotopic (exact) mass is 275 g/mol. The van der Waals surface area contributed by atoms with Gasteiger partial charge in [-0.25, -0.2) is 0 Å². The fraction of sp³-hybridized carbons (Fsp3) is 0.588. The molecule has 0 aromatic heterocycles. The molecule has 1 aliphatic heterocycles. The van der Waals surface area contributed by atoms with Crippen LogP contribution in [0.4, 0.5) is 0 Å². The van der Waals surface area contributed by atoms with Crippen LogP contribution in [0.5, 0.6) is 0 Å². The van der Waals surface area contributed by atoms with E-state index in [4.69, 9.17) is 4.74 Å². The van der Waals surface area contributed by atoms with Crippen LogP contribution in [0.25, 0.3) is 0 Å². The van der Waals surface area contributed by atoms with Crippen molar-refractivity contribution in [2.24, 2.45) is 0 Å². The molecule has 0 amide bonds. The Morgan fingerprint density at radius 1 is 1.30 bits per heavy atom. The zero-order valence-electron chi connectivity index (χ0n) is 12.8. The van der Waals surface area contributed by atoms with E-state index in [1.54, 1.807) is 0 Å². The van der Waals surface area contributed by atoms with E-state index in [0.29, 0.717) is 0 Å². The Kier molecular flexibility index (Phi) is 5.18. The van der Waals surface area contributed by atoms with Gasteiger partial charge in [-0.1, -0.05) is 36.2 Å². The highest BCUT2D eigenvalue weighted by Gasteiger charge is 2.30. The van der Waals surface area contributed by atoms with Crippen LogP contribution in [0.3, 0.4) is 0 Å². The molecule has 0 saturated carbocycles. The summed E-state index contributed by atoms with van der Waals surface area (Å²) in [6.45, 7) is 7.72. The minimum atomic E-state index is -0.0764. The SMILES string of the molecule is Cc1ccc(CN2CCCCC2C(=O)OC(C)C)cc1. The third-order valence-corrected chi connectivity index (χ3v) is 3.74. The molecule has 0 aliphatic carbocycles. The first-order valence-corrected chi connectivity index (χ1v) is 7.56. The fourth-order valence-corrected chi connectivity index (χ4v) is 2.69. The molecule has 2 rings (SSSR count). The number of nitrogens with zero attached hydrogens (tertiary/aromatic N) is 1. The van der Waals surface area contributed by atoms with Crippen molar-refractivity contribution < 1.29 is 9.53 Å². The highest BCUT2D eigenvalue weighted by Crippen LogP contribution is 2.21. The van der Waals surface area contributed by atoms with Crippen molar-refractivity contribution in [3.8, 4) is 0 Å². The predicted molar refractivity (Wildman–Crippen MR) is 80.5 cm³/mol. The lowest BCUT2D eigenvalue weighted by molar-refractivity contribution is -0.155. The molecule has 0 spiro atoms. The Labute approximate surface area is 121 Å². The van der Waals surface area contributed by atoms with Crippen LogP contribution in [0.15, 0.2) is 24.3 Å². The van der Waals surface area contributed by atoms with Gasteiger partial charge in [-0.3, -0.25) is 9.69 Å². The molecule has 1 unspecified atom stereocenters. The summed E-state index contributed by atoms with van der Waals surface area (Å²) in [6, 6.07) is 8.47. The van der Waals surface area contributed by atoms with Gasteiger partial charge in [0, 0.05) is 6.54 Å². The van der Waals surface area contributed by atoms with Crippen LogP contribution < -0.4 is 0 Å². The molecule has 0 bridgehead atoms. The van der Waals surface area contributed by atoms with Crippen LogP contribution in [0.2, 0.25) is 0 Å². The van der Waals surface area contributed by atoms with E-state index in [-0.39, 0.29) is 18.1 Å². The van der Waals surface area contributed by atoms with Crippen LogP contribution >= 0.6 is 0 Å². The summed E-state index contributed by atoms with van der Waals surface area (Å²) in [5, 5.41) is 0. The van der Waals surface area contributed by atoms with Gasteiger partial charge in [0.25, 0.3) is 0 Å². The normalized spacial score (nSPS) is 20.1. The highest BCUT2D eigenvalue weighted by atomic mass is 16.5. The molecule has 3 nitrogen and oxygen atoms in total. The summed E-state index contributed by atoms with van der Waals surface area (Å²) in [5.74, 6) is -0.0631. The molecule has 1 aliphatic rings. The standard InChI is InChI=1S/C17H25NO2/c1-13(2)20-17(19)16-6-4-5-11-18(16)12-15-9-7-14(3)8-10-15/h7-10,13,16H,4-6,11-12H2,1-3H3. The average Bonchev–Trinajstić information content (AvgIpc) is 2.41. The van der Waals surface area contributed by atoms with Crippen molar-refractivity contribution in [3.05, 3.63) is 35.4 Å². The van der Waals surface area contributed by atoms with Crippen molar-refractivity contribution in [3.63, 3.8) is 0 Å². The van der Waals surface area contributed by atoms with Gasteiger partial charge in [0.15, 0.2) is 0 Å². The second-order valence-corrected chi connectivity index (χ2v) is 5.95. The number of carbonyl (C=O) groups is 1. The first kappa shape index (κ1) is 15.0. The molecule has 1 heterocycles. The van der Waals surface area contributed by atoms with Crippen molar-refractivity contribution in [1.82, 2.24) is 4.90 Å². The summed E-state index contributed by atoms with van der Waals surface area (Å²) >= 11 is 0. The Morgan fingerprint density at radius 2 is 2.00 bits per heavy atom. The second-order valence-electron chi connectivity index (χ2n) is 5.95. The van der Waals surface area contributed by atoms with Gasteiger partial charge in [0.2, 0.25) is 0 Å². The van der Waals surface area contributed by atoms with E-state index in [1.807, 2.05) is 13.8 Å².